The Bertz CT molecular complexity index is 567. The molecule has 2 unspecified atom stereocenters. The van der Waals surface area contributed by atoms with E-state index in [0.717, 1.165) is 12.1 Å². The number of hydrogen-bond acceptors (Lipinski definition) is 7. The van der Waals surface area contributed by atoms with Crippen LogP contribution in [0.2, 0.25) is 0 Å². The molecule has 0 heterocycles. The zero-order valence-electron chi connectivity index (χ0n) is 20.0. The molecule has 0 aliphatic heterocycles. The molecule has 10 heteroatoms. The van der Waals surface area contributed by atoms with E-state index in [2.05, 4.69) is 5.32 Å². The quantitative estimate of drug-likeness (QED) is 0.259. The summed E-state index contributed by atoms with van der Waals surface area (Å²) in [6.45, 7) is 4.57. The number of nitrogens with zero attached hydrogens (tertiary/aromatic N) is 1. The van der Waals surface area contributed by atoms with E-state index in [-0.39, 0.29) is 19.6 Å². The minimum Gasteiger partial charge on any atom is -0.549 e. The molecule has 0 aromatic rings. The van der Waals surface area contributed by atoms with E-state index in [9.17, 15) is 24.6 Å². The van der Waals surface area contributed by atoms with Crippen molar-refractivity contribution in [2.24, 2.45) is 0 Å². The lowest BCUT2D eigenvalue weighted by molar-refractivity contribution is -0.725. The molecular weight excluding hydrogens is 435 g/mol. The van der Waals surface area contributed by atoms with Crippen molar-refractivity contribution in [3.63, 3.8) is 0 Å². The van der Waals surface area contributed by atoms with E-state index in [1.807, 2.05) is 0 Å². The standard InChI is InChI=1S/C12H23N.C10H20NO7P/c1-3-7-11(8-4-1)13-12-9-5-2-6-10-12;1-4-8(11(14)15)7-9(10(12)13)19(16,17-5-2)18-6-3/h11-13H,1-10H2;8-9H,4-7H2,1-3H3,(H,12,13). The normalized spacial score (nSPS) is 20.1. The lowest BCUT2D eigenvalue weighted by atomic mass is 9.91. The average molecular weight is 479 g/mol. The summed E-state index contributed by atoms with van der Waals surface area (Å²) in [6, 6.07) is 0.867. The van der Waals surface area contributed by atoms with E-state index >= 15 is 0 Å². The maximum atomic E-state index is 12.3. The number of carbonyl (C=O) groups is 1. The Morgan fingerprint density at radius 3 is 1.72 bits per heavy atom. The van der Waals surface area contributed by atoms with Crippen LogP contribution in [0.5, 0.6) is 0 Å². The number of aliphatic carboxylic acids is 1. The van der Waals surface area contributed by atoms with Gasteiger partial charge in [-0.2, -0.15) is 0 Å². The number of hydrogen-bond donors (Lipinski definition) is 1. The van der Waals surface area contributed by atoms with Crippen LogP contribution in [0.25, 0.3) is 0 Å². The molecular formula is C22H43N2O7P. The number of rotatable bonds is 12. The lowest BCUT2D eigenvalue weighted by Crippen LogP contribution is -2.95. The van der Waals surface area contributed by atoms with E-state index in [4.69, 9.17) is 9.05 Å². The predicted octanol–water partition coefficient (Wildman–Crippen LogP) is 3.03. The van der Waals surface area contributed by atoms with E-state index < -0.39 is 36.6 Å². The molecule has 9 nitrogen and oxygen atoms in total. The first-order valence-corrected chi connectivity index (χ1v) is 14.0. The number of carbonyl (C=O) groups excluding carboxylic acids is 1. The topological polar surface area (TPSA) is 135 Å². The maximum Gasteiger partial charge on any atom is 0.339 e. The van der Waals surface area contributed by atoms with Crippen LogP contribution in [-0.2, 0) is 18.4 Å². The van der Waals surface area contributed by atoms with Crippen LogP contribution < -0.4 is 10.4 Å². The Morgan fingerprint density at radius 1 is 0.969 bits per heavy atom. The maximum absolute atomic E-state index is 12.3. The summed E-state index contributed by atoms with van der Waals surface area (Å²) >= 11 is 0. The fraction of sp³-hybridized carbons (Fsp3) is 0.955. The van der Waals surface area contributed by atoms with Crippen LogP contribution in [0, 0.1) is 10.1 Å². The van der Waals surface area contributed by atoms with Gasteiger partial charge in [0.2, 0.25) is 6.04 Å². The molecule has 0 saturated heterocycles. The second-order valence-corrected chi connectivity index (χ2v) is 11.0. The van der Waals surface area contributed by atoms with Gasteiger partial charge in [-0.1, -0.05) is 19.8 Å². The molecule has 0 spiro atoms. The molecule has 0 aromatic heterocycles. The molecule has 0 amide bonds. The van der Waals surface area contributed by atoms with E-state index in [0.29, 0.717) is 0 Å². The minimum absolute atomic E-state index is 0.0175. The minimum atomic E-state index is -3.96. The van der Waals surface area contributed by atoms with Gasteiger partial charge in [-0.05, 0) is 65.2 Å². The van der Waals surface area contributed by atoms with Crippen molar-refractivity contribution in [3.8, 4) is 0 Å². The molecule has 188 valence electrons. The zero-order chi connectivity index (χ0) is 24.0. The molecule has 2 aliphatic rings. The lowest BCUT2D eigenvalue weighted by Gasteiger charge is -2.27. The van der Waals surface area contributed by atoms with Crippen molar-refractivity contribution in [3.05, 3.63) is 10.1 Å². The highest BCUT2D eigenvalue weighted by atomic mass is 31.2. The summed E-state index contributed by atoms with van der Waals surface area (Å²) < 4.78 is 22.2. The van der Waals surface area contributed by atoms with Gasteiger partial charge in [0.15, 0.2) is 0 Å². The van der Waals surface area contributed by atoms with Crippen LogP contribution in [0.15, 0.2) is 0 Å². The van der Waals surface area contributed by atoms with Crippen molar-refractivity contribution in [2.75, 3.05) is 13.2 Å². The number of nitro groups is 1. The monoisotopic (exact) mass is 478 g/mol. The Kier molecular flexibility index (Phi) is 14.3. The van der Waals surface area contributed by atoms with Gasteiger partial charge in [-0.3, -0.25) is 14.7 Å². The summed E-state index contributed by atoms with van der Waals surface area (Å²) in [4.78, 5) is 21.3. The highest BCUT2D eigenvalue weighted by Gasteiger charge is 2.40. The van der Waals surface area contributed by atoms with Gasteiger partial charge in [0.25, 0.3) is 0 Å². The van der Waals surface area contributed by atoms with Crippen molar-refractivity contribution in [1.29, 1.82) is 0 Å². The van der Waals surface area contributed by atoms with Crippen LogP contribution in [0.4, 0.5) is 0 Å². The molecule has 0 aromatic carbocycles. The summed E-state index contributed by atoms with van der Waals surface area (Å²) in [5, 5.41) is 24.6. The third kappa shape index (κ3) is 10.3. The first-order chi connectivity index (χ1) is 15.3. The van der Waals surface area contributed by atoms with Gasteiger partial charge >= 0.3 is 7.60 Å². The van der Waals surface area contributed by atoms with E-state index in [1.54, 1.807) is 6.92 Å². The van der Waals surface area contributed by atoms with Crippen LogP contribution in [-0.4, -0.2) is 47.9 Å². The Balaban J connectivity index is 0.000000339. The molecule has 2 atom stereocenters. The second kappa shape index (κ2) is 15.8. The van der Waals surface area contributed by atoms with Crippen molar-refractivity contribution < 1.29 is 33.8 Å². The molecule has 2 rings (SSSR count). The molecule has 2 N–H and O–H groups in total. The number of carboxylic acids is 1. The number of nitrogens with two attached hydrogens (primary N) is 1. The third-order valence-corrected chi connectivity index (χ3v) is 8.80. The fourth-order valence-electron chi connectivity index (χ4n) is 4.63. The smallest absolute Gasteiger partial charge is 0.339 e. The van der Waals surface area contributed by atoms with Gasteiger partial charge < -0.3 is 24.3 Å². The first kappa shape index (κ1) is 29.0. The Labute approximate surface area is 192 Å². The number of carboxylic acid groups (broad SMARTS) is 1. The Hall–Kier alpha value is -1.02. The summed E-state index contributed by atoms with van der Waals surface area (Å²) in [5.41, 5.74) is -1.64. The van der Waals surface area contributed by atoms with Gasteiger partial charge in [0, 0.05) is 17.8 Å². The second-order valence-electron chi connectivity index (χ2n) is 8.78. The summed E-state index contributed by atoms with van der Waals surface area (Å²) in [6.07, 6.45) is 14.6. The summed E-state index contributed by atoms with van der Waals surface area (Å²) in [5.74, 6) is -1.66. The number of quaternary nitrogens is 1. The van der Waals surface area contributed by atoms with Crippen molar-refractivity contribution in [2.45, 2.75) is 122 Å². The Morgan fingerprint density at radius 2 is 1.41 bits per heavy atom. The molecule has 2 fully saturated rings. The predicted molar refractivity (Wildman–Crippen MR) is 121 cm³/mol. The van der Waals surface area contributed by atoms with Crippen LogP contribution in [0.3, 0.4) is 0 Å². The van der Waals surface area contributed by atoms with Crippen molar-refractivity contribution in [1.82, 2.24) is 0 Å². The molecule has 0 bridgehead atoms. The van der Waals surface area contributed by atoms with Gasteiger partial charge in [-0.15, -0.1) is 0 Å². The van der Waals surface area contributed by atoms with E-state index in [1.165, 1.54) is 78.1 Å². The largest absolute Gasteiger partial charge is 0.549 e. The first-order valence-electron chi connectivity index (χ1n) is 12.3. The molecule has 0 radical (unpaired) electrons. The van der Waals surface area contributed by atoms with Crippen molar-refractivity contribution >= 4 is 13.6 Å². The molecule has 2 saturated carbocycles. The van der Waals surface area contributed by atoms with Crippen LogP contribution >= 0.6 is 7.60 Å². The average Bonchev–Trinajstić information content (AvgIpc) is 2.76. The van der Waals surface area contributed by atoms with Gasteiger partial charge in [0.1, 0.15) is 5.66 Å². The van der Waals surface area contributed by atoms with Crippen LogP contribution in [0.1, 0.15) is 97.8 Å². The highest BCUT2D eigenvalue weighted by Crippen LogP contribution is 2.54. The zero-order valence-corrected chi connectivity index (χ0v) is 20.9. The SMILES string of the molecule is C1CCC([NH2+]C2CCCCC2)CC1.CCOP(=O)(OCC)C(CC(CC)[N+](=O)[O-])C(=O)[O-]. The molecule has 32 heavy (non-hydrogen) atoms. The third-order valence-electron chi connectivity index (χ3n) is 6.38. The fourth-order valence-corrected chi connectivity index (χ4v) is 6.54. The molecule has 2 aliphatic carbocycles. The van der Waals surface area contributed by atoms with Gasteiger partial charge in [-0.25, -0.2) is 0 Å². The van der Waals surface area contributed by atoms with Gasteiger partial charge in [0.05, 0.1) is 31.3 Å². The highest BCUT2D eigenvalue weighted by molar-refractivity contribution is 7.55. The summed E-state index contributed by atoms with van der Waals surface area (Å²) in [7, 11) is -3.96.